The van der Waals surface area contributed by atoms with Crippen LogP contribution in [0.25, 0.3) is 0 Å². The summed E-state index contributed by atoms with van der Waals surface area (Å²) in [6.07, 6.45) is 3.62. The minimum Gasteiger partial charge on any atom is -0.384 e. The zero-order valence-corrected chi connectivity index (χ0v) is 16.9. The summed E-state index contributed by atoms with van der Waals surface area (Å²) in [5.41, 5.74) is 0. The third-order valence-corrected chi connectivity index (χ3v) is 6.84. The first-order valence-corrected chi connectivity index (χ1v) is 10.3. The molecule has 1 aliphatic heterocycles. The number of sulfonamides is 1. The SMILES string of the molecule is COCCc1noc(CN2CCN(S(=O)(=O)c3cn(C)cn3)[C@H](C)[C@@H]2C)n1. The second-order valence-corrected chi connectivity index (χ2v) is 8.63. The van der Waals surface area contributed by atoms with Crippen LogP contribution in [0.2, 0.25) is 0 Å². The minimum atomic E-state index is -3.62. The van der Waals surface area contributed by atoms with Crippen LogP contribution in [0, 0.1) is 0 Å². The number of aromatic nitrogens is 4. The molecule has 11 heteroatoms. The van der Waals surface area contributed by atoms with Crippen LogP contribution in [0.1, 0.15) is 25.6 Å². The highest BCUT2D eigenvalue weighted by Gasteiger charge is 2.39. The first-order valence-electron chi connectivity index (χ1n) is 8.87. The predicted molar refractivity (Wildman–Crippen MR) is 96.3 cm³/mol. The fourth-order valence-electron chi connectivity index (χ4n) is 3.21. The number of aryl methyl sites for hydroxylation is 1. The lowest BCUT2D eigenvalue weighted by molar-refractivity contribution is 0.0693. The Bertz CT molecular complexity index is 864. The summed E-state index contributed by atoms with van der Waals surface area (Å²) in [6.45, 7) is 5.91. The number of hydrogen-bond acceptors (Lipinski definition) is 8. The Morgan fingerprint density at radius 2 is 2.07 bits per heavy atom. The Morgan fingerprint density at radius 3 is 2.74 bits per heavy atom. The Balaban J connectivity index is 1.67. The molecule has 1 aliphatic rings. The van der Waals surface area contributed by atoms with Gasteiger partial charge >= 0.3 is 0 Å². The molecule has 0 saturated carbocycles. The molecule has 0 N–H and O–H groups in total. The van der Waals surface area contributed by atoms with Gasteiger partial charge in [0.1, 0.15) is 0 Å². The Kier molecular flexibility index (Phi) is 5.94. The number of methoxy groups -OCH3 is 1. The summed E-state index contributed by atoms with van der Waals surface area (Å²) in [5, 5.41) is 4.03. The molecule has 150 valence electrons. The molecule has 0 aliphatic carbocycles. The molecule has 2 aromatic heterocycles. The first kappa shape index (κ1) is 19.9. The van der Waals surface area contributed by atoms with E-state index >= 15 is 0 Å². The molecular weight excluding hydrogens is 372 g/mol. The lowest BCUT2D eigenvalue weighted by Crippen LogP contribution is -2.58. The van der Waals surface area contributed by atoms with Crippen molar-refractivity contribution in [2.75, 3.05) is 26.8 Å². The van der Waals surface area contributed by atoms with Gasteiger partial charge in [0.25, 0.3) is 10.0 Å². The molecule has 1 saturated heterocycles. The number of piperazine rings is 1. The van der Waals surface area contributed by atoms with Gasteiger partial charge in [-0.1, -0.05) is 5.16 Å². The van der Waals surface area contributed by atoms with Gasteiger partial charge in [-0.05, 0) is 13.8 Å². The number of ether oxygens (including phenoxy) is 1. The maximum absolute atomic E-state index is 12.9. The van der Waals surface area contributed by atoms with Gasteiger partial charge < -0.3 is 13.8 Å². The zero-order chi connectivity index (χ0) is 19.6. The fourth-order valence-corrected chi connectivity index (χ4v) is 4.86. The number of imidazole rings is 1. The van der Waals surface area contributed by atoms with Crippen LogP contribution >= 0.6 is 0 Å². The van der Waals surface area contributed by atoms with Gasteiger partial charge in [0.05, 0.1) is 19.5 Å². The van der Waals surface area contributed by atoms with Crippen LogP contribution in [-0.4, -0.2) is 76.2 Å². The summed E-state index contributed by atoms with van der Waals surface area (Å²) in [7, 11) is -0.238. The van der Waals surface area contributed by atoms with Crippen molar-refractivity contribution in [2.24, 2.45) is 7.05 Å². The highest BCUT2D eigenvalue weighted by Crippen LogP contribution is 2.25. The quantitative estimate of drug-likeness (QED) is 0.654. The Morgan fingerprint density at radius 1 is 1.30 bits per heavy atom. The number of rotatable bonds is 7. The first-order chi connectivity index (χ1) is 12.8. The normalized spacial score (nSPS) is 22.4. The van der Waals surface area contributed by atoms with Crippen molar-refractivity contribution in [1.82, 2.24) is 28.9 Å². The molecule has 1 fully saturated rings. The molecular formula is C16H26N6O4S. The van der Waals surface area contributed by atoms with Gasteiger partial charge in [0.2, 0.25) is 5.89 Å². The number of nitrogens with zero attached hydrogens (tertiary/aromatic N) is 6. The average Bonchev–Trinajstić information content (AvgIpc) is 3.26. The highest BCUT2D eigenvalue weighted by atomic mass is 32.2. The molecule has 0 amide bonds. The molecule has 0 aromatic carbocycles. The van der Waals surface area contributed by atoms with E-state index in [4.69, 9.17) is 9.26 Å². The Labute approximate surface area is 159 Å². The molecule has 10 nitrogen and oxygen atoms in total. The van der Waals surface area contributed by atoms with Gasteiger partial charge in [-0.25, -0.2) is 13.4 Å². The van der Waals surface area contributed by atoms with Gasteiger partial charge in [0, 0.05) is 51.9 Å². The molecule has 3 rings (SSSR count). The van der Waals surface area contributed by atoms with Gasteiger partial charge in [-0.3, -0.25) is 4.90 Å². The summed E-state index contributed by atoms with van der Waals surface area (Å²) >= 11 is 0. The lowest BCUT2D eigenvalue weighted by atomic mass is 10.1. The average molecular weight is 398 g/mol. The molecule has 0 spiro atoms. The van der Waals surface area contributed by atoms with Crippen LogP contribution in [0.4, 0.5) is 0 Å². The van der Waals surface area contributed by atoms with E-state index in [1.807, 2.05) is 13.8 Å². The van der Waals surface area contributed by atoms with E-state index in [1.165, 1.54) is 16.8 Å². The van der Waals surface area contributed by atoms with E-state index in [0.717, 1.165) is 0 Å². The van der Waals surface area contributed by atoms with E-state index < -0.39 is 10.0 Å². The fraction of sp³-hybridized carbons (Fsp3) is 0.688. The van der Waals surface area contributed by atoms with Crippen molar-refractivity contribution >= 4 is 10.0 Å². The van der Waals surface area contributed by atoms with Gasteiger partial charge in [-0.15, -0.1) is 0 Å². The molecule has 0 unspecified atom stereocenters. The summed E-state index contributed by atoms with van der Waals surface area (Å²) < 4.78 is 39.3. The van der Waals surface area contributed by atoms with E-state index in [0.29, 0.717) is 44.4 Å². The highest BCUT2D eigenvalue weighted by molar-refractivity contribution is 7.89. The van der Waals surface area contributed by atoms with E-state index in [1.54, 1.807) is 18.7 Å². The summed E-state index contributed by atoms with van der Waals surface area (Å²) in [6, 6.07) is -0.215. The number of hydrogen-bond donors (Lipinski definition) is 0. The predicted octanol–water partition coefficient (Wildman–Crippen LogP) is 0.276. The van der Waals surface area contributed by atoms with Crippen LogP contribution in [0.15, 0.2) is 22.1 Å². The van der Waals surface area contributed by atoms with Crippen molar-refractivity contribution in [3.8, 4) is 0 Å². The largest absolute Gasteiger partial charge is 0.384 e. The van der Waals surface area contributed by atoms with Crippen molar-refractivity contribution in [3.63, 3.8) is 0 Å². The van der Waals surface area contributed by atoms with Crippen LogP contribution < -0.4 is 0 Å². The third kappa shape index (κ3) is 4.21. The maximum atomic E-state index is 12.9. The second-order valence-electron chi connectivity index (χ2n) is 6.79. The molecule has 3 heterocycles. The lowest BCUT2D eigenvalue weighted by Gasteiger charge is -2.43. The van der Waals surface area contributed by atoms with E-state index in [-0.39, 0.29) is 17.1 Å². The van der Waals surface area contributed by atoms with Crippen molar-refractivity contribution in [2.45, 2.75) is 43.9 Å². The topological polar surface area (TPSA) is 107 Å². The molecule has 2 aromatic rings. The molecule has 27 heavy (non-hydrogen) atoms. The van der Waals surface area contributed by atoms with E-state index in [9.17, 15) is 8.42 Å². The van der Waals surface area contributed by atoms with Crippen LogP contribution in [0.5, 0.6) is 0 Å². The van der Waals surface area contributed by atoms with Gasteiger partial charge in [-0.2, -0.15) is 9.29 Å². The van der Waals surface area contributed by atoms with Crippen molar-refractivity contribution in [1.29, 1.82) is 0 Å². The second kappa shape index (κ2) is 8.05. The van der Waals surface area contributed by atoms with Gasteiger partial charge in [0.15, 0.2) is 10.9 Å². The smallest absolute Gasteiger partial charge is 0.262 e. The van der Waals surface area contributed by atoms with Crippen LogP contribution in [-0.2, 0) is 34.8 Å². The third-order valence-electron chi connectivity index (χ3n) is 4.97. The standard InChI is InChI=1S/C16H26N6O4S/c1-12-13(2)22(27(23,24)16-10-20(3)11-17-16)7-6-21(12)9-15-18-14(19-26-15)5-8-25-4/h10-13H,5-9H2,1-4H3/t12-,13+/m0/s1. The van der Waals surface area contributed by atoms with Crippen LogP contribution in [0.3, 0.4) is 0 Å². The van der Waals surface area contributed by atoms with Crippen molar-refractivity contribution in [3.05, 3.63) is 24.2 Å². The maximum Gasteiger partial charge on any atom is 0.262 e. The zero-order valence-electron chi connectivity index (χ0n) is 16.1. The monoisotopic (exact) mass is 398 g/mol. The Hall–Kier alpha value is -1.82. The molecule has 0 bridgehead atoms. The minimum absolute atomic E-state index is 0.00781. The molecule has 2 atom stereocenters. The van der Waals surface area contributed by atoms with E-state index in [2.05, 4.69) is 20.0 Å². The molecule has 0 radical (unpaired) electrons. The summed E-state index contributed by atoms with van der Waals surface area (Å²) in [4.78, 5) is 10.5. The summed E-state index contributed by atoms with van der Waals surface area (Å²) in [5.74, 6) is 1.14. The van der Waals surface area contributed by atoms with Crippen molar-refractivity contribution < 1.29 is 17.7 Å².